The molecule has 0 spiro atoms. The van der Waals surface area contributed by atoms with Gasteiger partial charge in [-0.05, 0) is 72.5 Å². The number of rotatable bonds is 14. The molecule has 1 heterocycles. The molecule has 1 aliphatic heterocycles. The van der Waals surface area contributed by atoms with Crippen LogP contribution in [0.4, 0.5) is 0 Å². The lowest BCUT2D eigenvalue weighted by atomic mass is 9.97. The highest BCUT2D eigenvalue weighted by Crippen LogP contribution is 2.52. The van der Waals surface area contributed by atoms with Crippen molar-refractivity contribution < 1.29 is 56.2 Å². The number of ether oxygens (including phenoxy) is 5. The minimum Gasteiger partial charge on any atom is -0.452 e. The van der Waals surface area contributed by atoms with Crippen molar-refractivity contribution in [2.75, 3.05) is 13.7 Å². The molecule has 1 aliphatic carbocycles. The van der Waals surface area contributed by atoms with Crippen LogP contribution in [0.2, 0.25) is 0 Å². The number of carbonyl (C=O) groups excluding carboxylic acids is 3. The molecule has 7 rings (SSSR count). The second kappa shape index (κ2) is 17.9. The van der Waals surface area contributed by atoms with E-state index in [1.54, 1.807) is 121 Å². The van der Waals surface area contributed by atoms with Crippen molar-refractivity contribution in [2.24, 2.45) is 0 Å². The number of hydrogen-bond acceptors (Lipinski definition) is 12. The zero-order valence-electron chi connectivity index (χ0n) is 30.3. The molecule has 56 heavy (non-hydrogen) atoms. The summed E-state index contributed by atoms with van der Waals surface area (Å²) in [5, 5.41) is 0. The Morgan fingerprint density at radius 3 is 1.50 bits per heavy atom. The third kappa shape index (κ3) is 9.42. The van der Waals surface area contributed by atoms with Crippen LogP contribution >= 0.6 is 7.82 Å². The number of para-hydroxylation sites is 1. The molecule has 2 aliphatic rings. The van der Waals surface area contributed by atoms with Crippen LogP contribution in [-0.4, -0.2) is 68.4 Å². The van der Waals surface area contributed by atoms with Crippen LogP contribution in [0.25, 0.3) is 0 Å². The molecule has 0 aromatic heterocycles. The first-order chi connectivity index (χ1) is 27.3. The summed E-state index contributed by atoms with van der Waals surface area (Å²) in [7, 11) is -3.15. The van der Waals surface area contributed by atoms with Gasteiger partial charge >= 0.3 is 25.7 Å². The smallest absolute Gasteiger partial charge is 0.452 e. The minimum atomic E-state index is -4.46. The zero-order valence-corrected chi connectivity index (χ0v) is 31.2. The lowest BCUT2D eigenvalue weighted by Gasteiger charge is -2.44. The average Bonchev–Trinajstić information content (AvgIpc) is 3.64. The molecule has 1 fully saturated rings. The van der Waals surface area contributed by atoms with Crippen molar-refractivity contribution >= 4 is 25.7 Å². The maximum atomic E-state index is 14.6. The Kier molecular flexibility index (Phi) is 12.3. The number of phosphoric acid groups is 1. The van der Waals surface area contributed by atoms with Crippen LogP contribution in [-0.2, 0) is 50.1 Å². The number of benzene rings is 5. The molecule has 0 amide bonds. The van der Waals surface area contributed by atoms with Crippen molar-refractivity contribution in [3.63, 3.8) is 0 Å². The van der Waals surface area contributed by atoms with E-state index in [1.165, 1.54) is 7.11 Å². The van der Waals surface area contributed by atoms with Gasteiger partial charge in [-0.25, -0.2) is 18.9 Å². The van der Waals surface area contributed by atoms with E-state index in [0.29, 0.717) is 12.8 Å². The lowest BCUT2D eigenvalue weighted by Crippen LogP contribution is -2.62. The van der Waals surface area contributed by atoms with Gasteiger partial charge in [0.25, 0.3) is 0 Å². The summed E-state index contributed by atoms with van der Waals surface area (Å²) in [5.74, 6) is -2.18. The summed E-state index contributed by atoms with van der Waals surface area (Å²) in [5.41, 5.74) is 2.65. The van der Waals surface area contributed by atoms with E-state index in [-0.39, 0.29) is 22.4 Å². The summed E-state index contributed by atoms with van der Waals surface area (Å²) in [6.45, 7) is -0.574. The number of hydrogen-bond donors (Lipinski definition) is 0. The summed E-state index contributed by atoms with van der Waals surface area (Å²) < 4.78 is 62.8. The normalized spacial score (nSPS) is 21.6. The maximum absolute atomic E-state index is 14.6. The van der Waals surface area contributed by atoms with E-state index in [0.717, 1.165) is 11.1 Å². The van der Waals surface area contributed by atoms with Crippen molar-refractivity contribution in [1.29, 1.82) is 0 Å². The molecule has 0 N–H and O–H groups in total. The van der Waals surface area contributed by atoms with Gasteiger partial charge < -0.3 is 28.2 Å². The SMILES string of the molecule is COC1OC(COP(=O)(Oc2ccccc2)OC2Cc3ccccc3C2)C(OC(=O)c2ccccc2)C(OC(=O)c2ccccc2)C1OC(=O)c1ccccc1. The predicted molar refractivity (Wildman–Crippen MR) is 202 cm³/mol. The van der Waals surface area contributed by atoms with Gasteiger partial charge in [-0.15, -0.1) is 0 Å². The first-order valence-electron chi connectivity index (χ1n) is 18.0. The Morgan fingerprint density at radius 1 is 0.589 bits per heavy atom. The van der Waals surface area contributed by atoms with Crippen LogP contribution < -0.4 is 4.52 Å². The van der Waals surface area contributed by atoms with Crippen LogP contribution in [0.1, 0.15) is 42.2 Å². The molecule has 0 bridgehead atoms. The highest BCUT2D eigenvalue weighted by Gasteiger charge is 2.54. The van der Waals surface area contributed by atoms with Crippen LogP contribution in [0.3, 0.4) is 0 Å². The van der Waals surface area contributed by atoms with E-state index in [1.807, 2.05) is 24.3 Å². The van der Waals surface area contributed by atoms with Crippen LogP contribution in [0.15, 0.2) is 146 Å². The van der Waals surface area contributed by atoms with Gasteiger partial charge in [-0.3, -0.25) is 9.05 Å². The second-order valence-corrected chi connectivity index (χ2v) is 14.6. The number of carbonyl (C=O) groups is 3. The molecule has 6 unspecified atom stereocenters. The Morgan fingerprint density at radius 2 is 1.02 bits per heavy atom. The van der Waals surface area contributed by atoms with Gasteiger partial charge in [0.05, 0.1) is 29.4 Å². The molecule has 6 atom stereocenters. The van der Waals surface area contributed by atoms with Gasteiger partial charge in [0.15, 0.2) is 24.6 Å². The van der Waals surface area contributed by atoms with Crippen LogP contribution in [0.5, 0.6) is 5.75 Å². The quantitative estimate of drug-likeness (QED) is 0.0629. The number of phosphoric ester groups is 1. The van der Waals surface area contributed by atoms with Gasteiger partial charge in [-0.1, -0.05) is 97.1 Å². The van der Waals surface area contributed by atoms with Crippen molar-refractivity contribution in [3.8, 4) is 5.75 Å². The maximum Gasteiger partial charge on any atom is 0.530 e. The van der Waals surface area contributed by atoms with Crippen molar-refractivity contribution in [3.05, 3.63) is 173 Å². The monoisotopic (exact) mass is 778 g/mol. The molecular formula is C43H39O12P. The second-order valence-electron chi connectivity index (χ2n) is 13.0. The number of fused-ring (bicyclic) bond motifs is 1. The molecule has 5 aromatic rings. The fourth-order valence-electron chi connectivity index (χ4n) is 6.53. The summed E-state index contributed by atoms with van der Waals surface area (Å²) in [6, 6.07) is 40.6. The molecule has 5 aromatic carbocycles. The molecule has 13 heteroatoms. The largest absolute Gasteiger partial charge is 0.530 e. The van der Waals surface area contributed by atoms with Crippen molar-refractivity contribution in [2.45, 2.75) is 49.7 Å². The first kappa shape index (κ1) is 38.6. The molecule has 288 valence electrons. The predicted octanol–water partition coefficient (Wildman–Crippen LogP) is 7.42. The zero-order chi connectivity index (χ0) is 38.9. The van der Waals surface area contributed by atoms with Gasteiger partial charge in [0, 0.05) is 7.11 Å². The van der Waals surface area contributed by atoms with E-state index in [2.05, 4.69) is 0 Å². The number of methoxy groups -OCH3 is 1. The number of esters is 3. The summed E-state index contributed by atoms with van der Waals surface area (Å²) in [4.78, 5) is 41.0. The molecule has 0 radical (unpaired) electrons. The molecule has 12 nitrogen and oxygen atoms in total. The fourth-order valence-corrected chi connectivity index (χ4v) is 7.91. The van der Waals surface area contributed by atoms with Gasteiger partial charge in [0.2, 0.25) is 0 Å². The van der Waals surface area contributed by atoms with Gasteiger partial charge in [-0.2, -0.15) is 0 Å². The standard InChI is InChI=1S/C43H39O12P/c1-48-43-39(53-42(46)31-20-10-4-11-21-31)38(52-41(45)30-18-8-3-9-19-30)37(51-40(44)29-16-6-2-7-17-29)36(50-43)28-49-56(47,54-34-24-12-5-13-25-34)55-35-26-32-22-14-15-23-33(32)27-35/h2-25,35-39,43H,26-28H2,1H3. The lowest BCUT2D eigenvalue weighted by molar-refractivity contribution is -0.291. The minimum absolute atomic E-state index is 0.175. The van der Waals surface area contributed by atoms with Gasteiger partial charge in [0.1, 0.15) is 11.9 Å². The topological polar surface area (TPSA) is 142 Å². The Bertz CT molecular complexity index is 2110. The molecule has 1 saturated heterocycles. The molecule has 0 saturated carbocycles. The van der Waals surface area contributed by atoms with Crippen LogP contribution in [0, 0.1) is 0 Å². The third-order valence-corrected chi connectivity index (χ3v) is 10.7. The van der Waals surface area contributed by atoms with Crippen molar-refractivity contribution in [1.82, 2.24) is 0 Å². The Balaban J connectivity index is 1.22. The first-order valence-corrected chi connectivity index (χ1v) is 19.5. The van der Waals surface area contributed by atoms with E-state index < -0.39 is 69.1 Å². The highest BCUT2D eigenvalue weighted by molar-refractivity contribution is 7.49. The van der Waals surface area contributed by atoms with E-state index in [9.17, 15) is 18.9 Å². The highest BCUT2D eigenvalue weighted by atomic mass is 31.2. The Hall–Kier alpha value is -5.62. The van der Waals surface area contributed by atoms with E-state index in [4.69, 9.17) is 37.3 Å². The average molecular weight is 779 g/mol. The third-order valence-electron chi connectivity index (χ3n) is 9.23. The Labute approximate surface area is 323 Å². The molecular weight excluding hydrogens is 739 g/mol. The van der Waals surface area contributed by atoms with E-state index >= 15 is 0 Å². The summed E-state index contributed by atoms with van der Waals surface area (Å²) in [6.07, 6.45) is -6.86. The fraction of sp³-hybridized carbons (Fsp3) is 0.233. The summed E-state index contributed by atoms with van der Waals surface area (Å²) >= 11 is 0.